The summed E-state index contributed by atoms with van der Waals surface area (Å²) in [5.74, 6) is 1.07. The maximum atomic E-state index is 13.3. The molecule has 3 heterocycles. The molecule has 0 bridgehead atoms. The zero-order valence-corrected chi connectivity index (χ0v) is 17.4. The first-order valence-corrected chi connectivity index (χ1v) is 10.6. The molecule has 1 aromatic carbocycles. The molecule has 2 aliphatic rings. The standard InChI is InChI=1S/C24H24N4O3/c1-31-19-8-3-2-7-17(19)23(30)28-13-5-10-24(15-28)11-9-18-20(24)26-21(27-22(18)29)16-6-4-12-25-14-16/h2-4,6-8,12,14H,5,9-11,13,15H2,1H3,(H,26,27,29). The summed E-state index contributed by atoms with van der Waals surface area (Å²) in [6, 6.07) is 11.0. The molecule has 1 N–H and O–H groups in total. The number of para-hydroxylation sites is 1. The molecular formula is C24H24N4O3. The normalized spacial score (nSPS) is 20.0. The smallest absolute Gasteiger partial charge is 0.257 e. The van der Waals surface area contributed by atoms with Crippen molar-refractivity contribution in [1.29, 1.82) is 0 Å². The molecule has 7 nitrogen and oxygen atoms in total. The summed E-state index contributed by atoms with van der Waals surface area (Å²) >= 11 is 0. The Morgan fingerprint density at radius 2 is 2.06 bits per heavy atom. The Balaban J connectivity index is 1.51. The number of rotatable bonds is 3. The number of nitrogens with zero attached hydrogens (tertiary/aromatic N) is 3. The molecule has 1 aliphatic heterocycles. The number of carbonyl (C=O) groups excluding carboxylic acids is 1. The highest BCUT2D eigenvalue weighted by Crippen LogP contribution is 2.43. The number of amides is 1. The molecule has 2 aromatic heterocycles. The molecule has 0 radical (unpaired) electrons. The molecule has 1 amide bonds. The van der Waals surface area contributed by atoms with Crippen molar-refractivity contribution in [2.45, 2.75) is 31.1 Å². The van der Waals surface area contributed by atoms with Crippen LogP contribution in [0.25, 0.3) is 11.4 Å². The lowest BCUT2D eigenvalue weighted by atomic mass is 9.77. The molecule has 0 saturated carbocycles. The van der Waals surface area contributed by atoms with E-state index in [1.54, 1.807) is 31.6 Å². The van der Waals surface area contributed by atoms with E-state index in [0.717, 1.165) is 36.1 Å². The van der Waals surface area contributed by atoms with Crippen molar-refractivity contribution >= 4 is 5.91 Å². The molecule has 1 unspecified atom stereocenters. The van der Waals surface area contributed by atoms with Crippen LogP contribution in [-0.2, 0) is 11.8 Å². The number of hydrogen-bond acceptors (Lipinski definition) is 5. The fourth-order valence-electron chi connectivity index (χ4n) is 4.98. The summed E-state index contributed by atoms with van der Waals surface area (Å²) in [6.45, 7) is 1.24. The van der Waals surface area contributed by atoms with E-state index < -0.39 is 0 Å². The number of methoxy groups -OCH3 is 1. The van der Waals surface area contributed by atoms with Crippen molar-refractivity contribution < 1.29 is 9.53 Å². The lowest BCUT2D eigenvalue weighted by Gasteiger charge is -2.40. The van der Waals surface area contributed by atoms with Crippen LogP contribution in [0.5, 0.6) is 5.75 Å². The molecule has 1 spiro atoms. The zero-order chi connectivity index (χ0) is 21.4. The first kappa shape index (κ1) is 19.5. The average molecular weight is 416 g/mol. The third-order valence-electron chi connectivity index (χ3n) is 6.51. The summed E-state index contributed by atoms with van der Waals surface area (Å²) < 4.78 is 5.40. The van der Waals surface area contributed by atoms with Crippen LogP contribution < -0.4 is 10.3 Å². The van der Waals surface area contributed by atoms with Gasteiger partial charge in [-0.1, -0.05) is 12.1 Å². The first-order chi connectivity index (χ1) is 15.1. The predicted molar refractivity (Wildman–Crippen MR) is 116 cm³/mol. The number of benzene rings is 1. The monoisotopic (exact) mass is 416 g/mol. The Hall–Kier alpha value is -3.48. The number of pyridine rings is 1. The third-order valence-corrected chi connectivity index (χ3v) is 6.51. The van der Waals surface area contributed by atoms with Gasteiger partial charge in [-0.05, 0) is 49.9 Å². The van der Waals surface area contributed by atoms with Gasteiger partial charge >= 0.3 is 0 Å². The van der Waals surface area contributed by atoms with Gasteiger partial charge in [-0.15, -0.1) is 0 Å². The Morgan fingerprint density at radius 1 is 1.19 bits per heavy atom. The number of piperidine rings is 1. The minimum Gasteiger partial charge on any atom is -0.496 e. The zero-order valence-electron chi connectivity index (χ0n) is 17.4. The molecule has 1 saturated heterocycles. The van der Waals surface area contributed by atoms with Gasteiger partial charge in [0.25, 0.3) is 11.5 Å². The van der Waals surface area contributed by atoms with E-state index >= 15 is 0 Å². The Bertz CT molecular complexity index is 1190. The number of likely N-dealkylation sites (tertiary alicyclic amines) is 1. The maximum absolute atomic E-state index is 13.3. The van der Waals surface area contributed by atoms with Crippen LogP contribution in [0.2, 0.25) is 0 Å². The number of nitrogens with one attached hydrogen (secondary N) is 1. The second-order valence-electron chi connectivity index (χ2n) is 8.29. The van der Waals surface area contributed by atoms with E-state index in [1.807, 2.05) is 29.2 Å². The summed E-state index contributed by atoms with van der Waals surface area (Å²) in [4.78, 5) is 40.0. The summed E-state index contributed by atoms with van der Waals surface area (Å²) in [5.41, 5.74) is 2.55. The molecule has 158 valence electrons. The van der Waals surface area contributed by atoms with Crippen molar-refractivity contribution in [3.63, 3.8) is 0 Å². The highest BCUT2D eigenvalue weighted by Gasteiger charge is 2.46. The van der Waals surface area contributed by atoms with Crippen LogP contribution in [-0.4, -0.2) is 46.0 Å². The molecule has 31 heavy (non-hydrogen) atoms. The Labute approximate surface area is 180 Å². The van der Waals surface area contributed by atoms with Gasteiger partial charge < -0.3 is 14.6 Å². The Morgan fingerprint density at radius 3 is 2.87 bits per heavy atom. The van der Waals surface area contributed by atoms with E-state index in [1.165, 1.54) is 0 Å². The third kappa shape index (κ3) is 3.30. The number of carbonyl (C=O) groups is 1. The van der Waals surface area contributed by atoms with E-state index in [9.17, 15) is 9.59 Å². The fraction of sp³-hybridized carbons (Fsp3) is 0.333. The van der Waals surface area contributed by atoms with Crippen LogP contribution in [0, 0.1) is 0 Å². The van der Waals surface area contributed by atoms with Gasteiger partial charge in [-0.2, -0.15) is 0 Å². The largest absolute Gasteiger partial charge is 0.496 e. The summed E-state index contributed by atoms with van der Waals surface area (Å²) in [7, 11) is 1.58. The minimum atomic E-state index is -0.295. The van der Waals surface area contributed by atoms with Gasteiger partial charge in [0.1, 0.15) is 11.6 Å². The van der Waals surface area contributed by atoms with Crippen molar-refractivity contribution in [3.05, 3.63) is 76.0 Å². The van der Waals surface area contributed by atoms with E-state index in [0.29, 0.717) is 36.6 Å². The molecule has 5 rings (SSSR count). The number of aromatic nitrogens is 3. The van der Waals surface area contributed by atoms with E-state index in [2.05, 4.69) is 9.97 Å². The average Bonchev–Trinajstić information content (AvgIpc) is 3.17. The van der Waals surface area contributed by atoms with E-state index in [4.69, 9.17) is 9.72 Å². The maximum Gasteiger partial charge on any atom is 0.257 e. The SMILES string of the molecule is COc1ccccc1C(=O)N1CCCC2(CCc3c2nc(-c2cccnc2)[nH]c3=O)C1. The number of fused-ring (bicyclic) bond motifs is 2. The van der Waals surface area contributed by atoms with Crippen LogP contribution in [0.15, 0.2) is 53.6 Å². The summed E-state index contributed by atoms with van der Waals surface area (Å²) in [6.07, 6.45) is 6.69. The molecule has 1 fully saturated rings. The first-order valence-electron chi connectivity index (χ1n) is 10.6. The van der Waals surface area contributed by atoms with Crippen molar-refractivity contribution in [3.8, 4) is 17.1 Å². The lowest BCUT2D eigenvalue weighted by Crippen LogP contribution is -2.48. The molecular weight excluding hydrogens is 392 g/mol. The van der Waals surface area contributed by atoms with Gasteiger partial charge in [0.15, 0.2) is 0 Å². The second kappa shape index (κ2) is 7.65. The quantitative estimate of drug-likeness (QED) is 0.709. The molecule has 7 heteroatoms. The summed E-state index contributed by atoms with van der Waals surface area (Å²) in [5, 5.41) is 0. The lowest BCUT2D eigenvalue weighted by molar-refractivity contribution is 0.0630. The highest BCUT2D eigenvalue weighted by atomic mass is 16.5. The van der Waals surface area contributed by atoms with Crippen molar-refractivity contribution in [2.75, 3.05) is 20.2 Å². The van der Waals surface area contributed by atoms with Crippen LogP contribution >= 0.6 is 0 Å². The molecule has 1 atom stereocenters. The van der Waals surface area contributed by atoms with Crippen LogP contribution in [0.4, 0.5) is 0 Å². The van der Waals surface area contributed by atoms with Gasteiger partial charge in [-0.25, -0.2) is 4.98 Å². The number of ether oxygens (including phenoxy) is 1. The van der Waals surface area contributed by atoms with Gasteiger partial charge in [0.05, 0.1) is 18.4 Å². The second-order valence-corrected chi connectivity index (χ2v) is 8.29. The number of aromatic amines is 1. The molecule has 1 aliphatic carbocycles. The topological polar surface area (TPSA) is 88.2 Å². The fourth-order valence-corrected chi connectivity index (χ4v) is 4.98. The highest BCUT2D eigenvalue weighted by molar-refractivity contribution is 5.97. The molecule has 3 aromatic rings. The predicted octanol–water partition coefficient (Wildman–Crippen LogP) is 2.96. The van der Waals surface area contributed by atoms with Gasteiger partial charge in [-0.3, -0.25) is 14.6 Å². The number of H-pyrrole nitrogens is 1. The van der Waals surface area contributed by atoms with Gasteiger partial charge in [0.2, 0.25) is 0 Å². The minimum absolute atomic E-state index is 0.0395. The van der Waals surface area contributed by atoms with Crippen molar-refractivity contribution in [1.82, 2.24) is 19.9 Å². The number of hydrogen-bond donors (Lipinski definition) is 1. The van der Waals surface area contributed by atoms with Crippen LogP contribution in [0.1, 0.15) is 40.9 Å². The Kier molecular flexibility index (Phi) is 4.81. The van der Waals surface area contributed by atoms with Gasteiger partial charge in [0, 0.05) is 42.0 Å². The van der Waals surface area contributed by atoms with Crippen molar-refractivity contribution in [2.24, 2.45) is 0 Å². The van der Waals surface area contributed by atoms with Crippen LogP contribution in [0.3, 0.4) is 0 Å². The van der Waals surface area contributed by atoms with E-state index in [-0.39, 0.29) is 16.9 Å².